The highest BCUT2D eigenvalue weighted by atomic mass is 16.5. The van der Waals surface area contributed by atoms with Crippen molar-refractivity contribution >= 4 is 22.6 Å². The lowest BCUT2D eigenvalue weighted by atomic mass is 10.2. The molecule has 6 heteroatoms. The summed E-state index contributed by atoms with van der Waals surface area (Å²) in [6.45, 7) is 2.32. The van der Waals surface area contributed by atoms with Gasteiger partial charge in [0.25, 0.3) is 0 Å². The number of benzene rings is 3. The number of anilines is 1. The predicted octanol–water partition coefficient (Wildman–Crippen LogP) is 4.57. The van der Waals surface area contributed by atoms with Crippen molar-refractivity contribution in [2.24, 2.45) is 0 Å². The van der Waals surface area contributed by atoms with Crippen molar-refractivity contribution in [3.63, 3.8) is 0 Å². The number of amides is 1. The number of carbonyl (C=O) groups is 1. The number of aryl methyl sites for hydroxylation is 1. The molecule has 4 aromatic rings. The molecule has 0 spiro atoms. The normalized spacial score (nSPS) is 10.7. The van der Waals surface area contributed by atoms with E-state index in [2.05, 4.69) is 10.3 Å². The van der Waals surface area contributed by atoms with E-state index in [4.69, 9.17) is 9.47 Å². The van der Waals surface area contributed by atoms with Crippen LogP contribution in [0.5, 0.6) is 11.5 Å². The molecule has 4 rings (SSSR count). The van der Waals surface area contributed by atoms with Gasteiger partial charge in [-0.15, -0.1) is 0 Å². The van der Waals surface area contributed by atoms with Crippen molar-refractivity contribution in [1.82, 2.24) is 9.55 Å². The Hall–Kier alpha value is -3.80. The molecule has 30 heavy (non-hydrogen) atoms. The number of para-hydroxylation sites is 5. The van der Waals surface area contributed by atoms with Gasteiger partial charge in [-0.05, 0) is 42.8 Å². The lowest BCUT2D eigenvalue weighted by molar-refractivity contribution is -0.116. The van der Waals surface area contributed by atoms with Crippen LogP contribution in [0, 0.1) is 6.92 Å². The number of nitrogens with one attached hydrogen (secondary N) is 1. The van der Waals surface area contributed by atoms with Crippen LogP contribution in [0.15, 0.2) is 72.8 Å². The highest BCUT2D eigenvalue weighted by Gasteiger charge is 2.15. The largest absolute Gasteiger partial charge is 0.493 e. The maximum atomic E-state index is 12.8. The van der Waals surface area contributed by atoms with Crippen LogP contribution >= 0.6 is 0 Å². The third-order valence-electron chi connectivity index (χ3n) is 4.88. The summed E-state index contributed by atoms with van der Waals surface area (Å²) in [6, 6.07) is 22.9. The molecule has 0 aliphatic heterocycles. The number of nitrogens with zero attached hydrogens (tertiary/aromatic N) is 2. The Balaban J connectivity index is 1.59. The first-order valence-electron chi connectivity index (χ1n) is 9.71. The van der Waals surface area contributed by atoms with Crippen LogP contribution < -0.4 is 14.8 Å². The maximum absolute atomic E-state index is 12.8. The molecule has 152 valence electrons. The van der Waals surface area contributed by atoms with Gasteiger partial charge in [-0.25, -0.2) is 4.98 Å². The number of hydrogen-bond donors (Lipinski definition) is 1. The third-order valence-corrected chi connectivity index (χ3v) is 4.88. The van der Waals surface area contributed by atoms with Crippen molar-refractivity contribution in [2.75, 3.05) is 12.4 Å². The van der Waals surface area contributed by atoms with E-state index in [1.165, 1.54) is 0 Å². The number of ether oxygens (including phenoxy) is 2. The Morgan fingerprint density at radius 3 is 2.47 bits per heavy atom. The number of fused-ring (bicyclic) bond motifs is 1. The molecule has 0 unspecified atom stereocenters. The van der Waals surface area contributed by atoms with E-state index in [-0.39, 0.29) is 19.1 Å². The lowest BCUT2D eigenvalue weighted by Crippen LogP contribution is -2.21. The van der Waals surface area contributed by atoms with Crippen molar-refractivity contribution in [3.05, 3.63) is 84.2 Å². The Labute approximate surface area is 175 Å². The molecule has 0 bridgehead atoms. The van der Waals surface area contributed by atoms with Gasteiger partial charge in [-0.3, -0.25) is 4.79 Å². The summed E-state index contributed by atoms with van der Waals surface area (Å²) < 4.78 is 13.2. The number of hydrogen-bond acceptors (Lipinski definition) is 4. The summed E-state index contributed by atoms with van der Waals surface area (Å²) in [5.41, 5.74) is 3.52. The molecule has 3 aromatic carbocycles. The quantitative estimate of drug-likeness (QED) is 0.493. The Morgan fingerprint density at radius 2 is 1.67 bits per heavy atom. The van der Waals surface area contributed by atoms with E-state index >= 15 is 0 Å². The third kappa shape index (κ3) is 4.12. The minimum atomic E-state index is -0.119. The second-order valence-electron chi connectivity index (χ2n) is 6.91. The van der Waals surface area contributed by atoms with Crippen molar-refractivity contribution in [1.29, 1.82) is 0 Å². The molecule has 1 heterocycles. The smallest absolute Gasteiger partial charge is 0.244 e. The molecular formula is C24H23N3O3. The first-order valence-corrected chi connectivity index (χ1v) is 9.71. The second-order valence-corrected chi connectivity index (χ2v) is 6.91. The summed E-state index contributed by atoms with van der Waals surface area (Å²) in [5, 5.41) is 2.98. The fraction of sp³-hybridized carbons (Fsp3) is 0.167. The van der Waals surface area contributed by atoms with E-state index in [1.54, 1.807) is 7.11 Å². The Kier molecular flexibility index (Phi) is 5.66. The Bertz CT molecular complexity index is 1180. The van der Waals surface area contributed by atoms with Gasteiger partial charge >= 0.3 is 0 Å². The number of rotatable bonds is 7. The van der Waals surface area contributed by atoms with E-state index < -0.39 is 0 Å². The van der Waals surface area contributed by atoms with Crippen LogP contribution in [0.2, 0.25) is 0 Å². The van der Waals surface area contributed by atoms with E-state index in [0.717, 1.165) is 22.3 Å². The number of aromatic nitrogens is 2. The number of carbonyl (C=O) groups excluding carboxylic acids is 1. The zero-order chi connectivity index (χ0) is 20.9. The SMILES string of the molecule is COc1ccccc1OCc1nc2ccccc2n1CC(=O)Nc1ccccc1C. The van der Waals surface area contributed by atoms with Gasteiger partial charge in [-0.1, -0.05) is 42.5 Å². The minimum Gasteiger partial charge on any atom is -0.493 e. The van der Waals surface area contributed by atoms with Crippen LogP contribution in [-0.4, -0.2) is 22.6 Å². The molecule has 0 atom stereocenters. The number of imidazole rings is 1. The molecule has 1 amide bonds. The van der Waals surface area contributed by atoms with E-state index in [0.29, 0.717) is 17.3 Å². The zero-order valence-electron chi connectivity index (χ0n) is 17.0. The van der Waals surface area contributed by atoms with Crippen molar-refractivity contribution in [2.45, 2.75) is 20.1 Å². The minimum absolute atomic E-state index is 0.119. The lowest BCUT2D eigenvalue weighted by Gasteiger charge is -2.13. The first kappa shape index (κ1) is 19.5. The molecule has 1 N–H and O–H groups in total. The van der Waals surface area contributed by atoms with E-state index in [9.17, 15) is 4.79 Å². The van der Waals surface area contributed by atoms with Crippen LogP contribution in [-0.2, 0) is 17.9 Å². The summed E-state index contributed by atoms with van der Waals surface area (Å²) in [5.74, 6) is 1.83. The van der Waals surface area contributed by atoms with Crippen LogP contribution in [0.25, 0.3) is 11.0 Å². The van der Waals surface area contributed by atoms with Crippen LogP contribution in [0.1, 0.15) is 11.4 Å². The fourth-order valence-electron chi connectivity index (χ4n) is 3.34. The van der Waals surface area contributed by atoms with Gasteiger partial charge in [0.05, 0.1) is 18.1 Å². The fourth-order valence-corrected chi connectivity index (χ4v) is 3.34. The van der Waals surface area contributed by atoms with Crippen molar-refractivity contribution in [3.8, 4) is 11.5 Å². The average Bonchev–Trinajstić information content (AvgIpc) is 3.11. The maximum Gasteiger partial charge on any atom is 0.244 e. The van der Waals surface area contributed by atoms with Gasteiger partial charge in [0.2, 0.25) is 5.91 Å². The molecule has 0 aliphatic carbocycles. The highest BCUT2D eigenvalue weighted by Crippen LogP contribution is 2.27. The average molecular weight is 401 g/mol. The molecule has 0 saturated carbocycles. The van der Waals surface area contributed by atoms with Gasteiger partial charge in [0, 0.05) is 5.69 Å². The molecule has 0 fully saturated rings. The van der Waals surface area contributed by atoms with Gasteiger partial charge in [0.1, 0.15) is 19.0 Å². The van der Waals surface area contributed by atoms with Crippen LogP contribution in [0.3, 0.4) is 0 Å². The summed E-state index contributed by atoms with van der Waals surface area (Å²) >= 11 is 0. The summed E-state index contributed by atoms with van der Waals surface area (Å²) in [7, 11) is 1.60. The summed E-state index contributed by atoms with van der Waals surface area (Å²) in [6.07, 6.45) is 0. The molecule has 0 saturated heterocycles. The van der Waals surface area contributed by atoms with Gasteiger partial charge in [-0.2, -0.15) is 0 Å². The molecule has 6 nitrogen and oxygen atoms in total. The first-order chi connectivity index (χ1) is 14.7. The second kappa shape index (κ2) is 8.69. The zero-order valence-corrected chi connectivity index (χ0v) is 17.0. The Morgan fingerprint density at radius 1 is 0.967 bits per heavy atom. The van der Waals surface area contributed by atoms with Gasteiger partial charge in [0.15, 0.2) is 11.5 Å². The topological polar surface area (TPSA) is 65.4 Å². The van der Waals surface area contributed by atoms with E-state index in [1.807, 2.05) is 84.3 Å². The van der Waals surface area contributed by atoms with Crippen LogP contribution in [0.4, 0.5) is 5.69 Å². The molecule has 0 radical (unpaired) electrons. The van der Waals surface area contributed by atoms with Crippen molar-refractivity contribution < 1.29 is 14.3 Å². The highest BCUT2D eigenvalue weighted by molar-refractivity contribution is 5.92. The molecular weight excluding hydrogens is 378 g/mol. The molecule has 0 aliphatic rings. The van der Waals surface area contributed by atoms with Gasteiger partial charge < -0.3 is 19.4 Å². The number of methoxy groups -OCH3 is 1. The predicted molar refractivity (Wildman–Crippen MR) is 117 cm³/mol. The standard InChI is InChI=1S/C24H23N3O3/c1-17-9-3-4-10-18(17)26-24(28)15-27-20-12-6-5-11-19(20)25-23(27)16-30-22-14-8-7-13-21(22)29-2/h3-14H,15-16H2,1-2H3,(H,26,28). The summed E-state index contributed by atoms with van der Waals surface area (Å²) in [4.78, 5) is 17.5. The molecule has 1 aromatic heterocycles. The monoisotopic (exact) mass is 401 g/mol.